The molecule has 0 aliphatic carbocycles. The van der Waals surface area contributed by atoms with Crippen LogP contribution in [0.2, 0.25) is 0 Å². The Morgan fingerprint density at radius 2 is 1.50 bits per heavy atom. The van der Waals surface area contributed by atoms with E-state index in [0.29, 0.717) is 12.0 Å². The van der Waals surface area contributed by atoms with Crippen molar-refractivity contribution in [1.29, 1.82) is 0 Å². The van der Waals surface area contributed by atoms with Crippen LogP contribution in [0.15, 0.2) is 41.5 Å². The van der Waals surface area contributed by atoms with Crippen LogP contribution < -0.4 is 0 Å². The molecule has 0 saturated heterocycles. The van der Waals surface area contributed by atoms with Crippen molar-refractivity contribution < 1.29 is 19.1 Å². The zero-order valence-corrected chi connectivity index (χ0v) is 10.7. The number of hydrogen-bond acceptors (Lipinski definition) is 4. The van der Waals surface area contributed by atoms with Crippen molar-refractivity contribution in [3.8, 4) is 0 Å². The number of rotatable bonds is 4. The Kier molecular flexibility index (Phi) is 5.11. The zero-order chi connectivity index (χ0) is 13.5. The van der Waals surface area contributed by atoms with Gasteiger partial charge in [0.05, 0.1) is 14.2 Å². The summed E-state index contributed by atoms with van der Waals surface area (Å²) < 4.78 is 9.19. The van der Waals surface area contributed by atoms with Crippen LogP contribution in [0.1, 0.15) is 12.5 Å². The van der Waals surface area contributed by atoms with E-state index in [-0.39, 0.29) is 5.57 Å². The minimum absolute atomic E-state index is 0.0381. The van der Waals surface area contributed by atoms with E-state index in [4.69, 9.17) is 0 Å². The molecule has 1 aromatic carbocycles. The highest BCUT2D eigenvalue weighted by atomic mass is 16.5. The summed E-state index contributed by atoms with van der Waals surface area (Å²) in [5.41, 5.74) is 1.60. The molecule has 4 heteroatoms. The third-order valence-electron chi connectivity index (χ3n) is 2.52. The lowest BCUT2D eigenvalue weighted by atomic mass is 10.0. The van der Waals surface area contributed by atoms with Crippen molar-refractivity contribution in [2.24, 2.45) is 0 Å². The molecule has 1 rings (SSSR count). The largest absolute Gasteiger partial charge is 0.465 e. The van der Waals surface area contributed by atoms with Gasteiger partial charge in [-0.15, -0.1) is 0 Å². The first-order chi connectivity index (χ1) is 8.60. The molecule has 1 aromatic rings. The van der Waals surface area contributed by atoms with E-state index in [2.05, 4.69) is 9.47 Å². The summed E-state index contributed by atoms with van der Waals surface area (Å²) in [6.45, 7) is 1.72. The third kappa shape index (κ3) is 3.45. The molecule has 96 valence electrons. The summed E-state index contributed by atoms with van der Waals surface area (Å²) in [5.74, 6) is -1.34. The third-order valence-corrected chi connectivity index (χ3v) is 2.52. The number of esters is 2. The van der Waals surface area contributed by atoms with Gasteiger partial charge >= 0.3 is 11.9 Å². The highest BCUT2D eigenvalue weighted by Gasteiger charge is 2.22. The molecule has 0 amide bonds. The highest BCUT2D eigenvalue weighted by Crippen LogP contribution is 2.14. The van der Waals surface area contributed by atoms with E-state index in [9.17, 15) is 9.59 Å². The van der Waals surface area contributed by atoms with E-state index < -0.39 is 11.9 Å². The normalized spacial score (nSPS) is 9.50. The average molecular weight is 248 g/mol. The van der Waals surface area contributed by atoms with Crippen LogP contribution in [0.25, 0.3) is 0 Å². The number of ether oxygens (including phenoxy) is 2. The van der Waals surface area contributed by atoms with Gasteiger partial charge in [-0.1, -0.05) is 30.3 Å². The lowest BCUT2D eigenvalue weighted by molar-refractivity contribution is -0.144. The van der Waals surface area contributed by atoms with Gasteiger partial charge in [-0.05, 0) is 24.5 Å². The van der Waals surface area contributed by atoms with E-state index in [1.807, 2.05) is 30.3 Å². The molecule has 0 saturated carbocycles. The van der Waals surface area contributed by atoms with Crippen molar-refractivity contribution >= 4 is 11.9 Å². The number of methoxy groups -OCH3 is 2. The van der Waals surface area contributed by atoms with E-state index in [1.165, 1.54) is 14.2 Å². The fraction of sp³-hybridized carbons (Fsp3) is 0.286. The van der Waals surface area contributed by atoms with Crippen molar-refractivity contribution in [3.63, 3.8) is 0 Å². The predicted molar refractivity (Wildman–Crippen MR) is 66.9 cm³/mol. The summed E-state index contributed by atoms with van der Waals surface area (Å²) in [5, 5.41) is 0. The number of carbonyl (C=O) groups is 2. The smallest absolute Gasteiger partial charge is 0.345 e. The molecule has 0 spiro atoms. The van der Waals surface area contributed by atoms with E-state index >= 15 is 0 Å². The van der Waals surface area contributed by atoms with Gasteiger partial charge in [0.25, 0.3) is 0 Å². The first-order valence-corrected chi connectivity index (χ1v) is 5.50. The Bertz CT molecular complexity index is 442. The van der Waals surface area contributed by atoms with Gasteiger partial charge in [0.2, 0.25) is 0 Å². The average Bonchev–Trinajstić information content (AvgIpc) is 2.39. The summed E-state index contributed by atoms with van der Waals surface area (Å²) >= 11 is 0. The summed E-state index contributed by atoms with van der Waals surface area (Å²) in [6.07, 6.45) is 0.500. The quantitative estimate of drug-likeness (QED) is 0.353. The second kappa shape index (κ2) is 6.59. The van der Waals surface area contributed by atoms with Crippen LogP contribution in [-0.4, -0.2) is 26.2 Å². The number of allylic oxidation sites excluding steroid dienone is 1. The van der Waals surface area contributed by atoms with Crippen LogP contribution in [-0.2, 0) is 25.5 Å². The van der Waals surface area contributed by atoms with E-state index in [1.54, 1.807) is 6.92 Å². The fourth-order valence-electron chi connectivity index (χ4n) is 1.63. The van der Waals surface area contributed by atoms with Gasteiger partial charge in [0.15, 0.2) is 0 Å². The second-order valence-corrected chi connectivity index (χ2v) is 3.80. The van der Waals surface area contributed by atoms with Crippen molar-refractivity contribution in [3.05, 3.63) is 47.0 Å². The number of benzene rings is 1. The van der Waals surface area contributed by atoms with E-state index in [0.717, 1.165) is 5.56 Å². The lowest BCUT2D eigenvalue weighted by Crippen LogP contribution is -2.18. The van der Waals surface area contributed by atoms with Gasteiger partial charge in [-0.2, -0.15) is 0 Å². The lowest BCUT2D eigenvalue weighted by Gasteiger charge is -2.08. The molecule has 0 aliphatic rings. The molecule has 0 atom stereocenters. The minimum Gasteiger partial charge on any atom is -0.465 e. The van der Waals surface area contributed by atoms with Crippen molar-refractivity contribution in [2.75, 3.05) is 14.2 Å². The molecule has 0 heterocycles. The van der Waals surface area contributed by atoms with Gasteiger partial charge in [0.1, 0.15) is 5.57 Å². The molecular formula is C14H16O4. The number of hydrogen-bond donors (Lipinski definition) is 0. The summed E-state index contributed by atoms with van der Waals surface area (Å²) in [4.78, 5) is 23.1. The first kappa shape index (κ1) is 14.0. The molecule has 0 N–H and O–H groups in total. The monoisotopic (exact) mass is 248 g/mol. The Hall–Kier alpha value is -2.10. The number of carbonyl (C=O) groups excluding carboxylic acids is 2. The molecular weight excluding hydrogens is 232 g/mol. The second-order valence-electron chi connectivity index (χ2n) is 3.80. The van der Waals surface area contributed by atoms with Crippen LogP contribution in [0.4, 0.5) is 0 Å². The molecule has 0 bridgehead atoms. The summed E-state index contributed by atoms with van der Waals surface area (Å²) in [6, 6.07) is 9.56. The molecule has 0 radical (unpaired) electrons. The molecule has 0 fully saturated rings. The minimum atomic E-state index is -0.671. The highest BCUT2D eigenvalue weighted by molar-refractivity contribution is 6.14. The maximum absolute atomic E-state index is 11.6. The van der Waals surface area contributed by atoms with Crippen LogP contribution in [0.3, 0.4) is 0 Å². The molecule has 0 aromatic heterocycles. The maximum Gasteiger partial charge on any atom is 0.345 e. The van der Waals surface area contributed by atoms with Gasteiger partial charge in [0, 0.05) is 0 Å². The van der Waals surface area contributed by atoms with Crippen LogP contribution >= 0.6 is 0 Å². The Morgan fingerprint density at radius 1 is 1.00 bits per heavy atom. The Morgan fingerprint density at radius 3 is 1.94 bits per heavy atom. The SMILES string of the molecule is COC(=O)C(C(=O)OC)=C(C)Cc1ccccc1. The van der Waals surface area contributed by atoms with Gasteiger partial charge < -0.3 is 9.47 Å². The molecule has 18 heavy (non-hydrogen) atoms. The van der Waals surface area contributed by atoms with Crippen LogP contribution in [0, 0.1) is 0 Å². The molecule has 0 aliphatic heterocycles. The fourth-order valence-corrected chi connectivity index (χ4v) is 1.63. The zero-order valence-electron chi connectivity index (χ0n) is 10.7. The summed E-state index contributed by atoms with van der Waals surface area (Å²) in [7, 11) is 2.47. The topological polar surface area (TPSA) is 52.6 Å². The Labute approximate surface area is 106 Å². The van der Waals surface area contributed by atoms with Crippen molar-refractivity contribution in [1.82, 2.24) is 0 Å². The van der Waals surface area contributed by atoms with Crippen molar-refractivity contribution in [2.45, 2.75) is 13.3 Å². The Balaban J connectivity index is 3.04. The maximum atomic E-state index is 11.6. The predicted octanol–water partition coefficient (Wildman–Crippen LogP) is 1.89. The standard InChI is InChI=1S/C14H16O4/c1-10(9-11-7-5-4-6-8-11)12(13(15)17-2)14(16)18-3/h4-8H,9H2,1-3H3. The molecule has 0 unspecified atom stereocenters. The first-order valence-electron chi connectivity index (χ1n) is 5.50. The van der Waals surface area contributed by atoms with Gasteiger partial charge in [-0.3, -0.25) is 0 Å². The molecule has 4 nitrogen and oxygen atoms in total. The van der Waals surface area contributed by atoms with Crippen LogP contribution in [0.5, 0.6) is 0 Å². The van der Waals surface area contributed by atoms with Gasteiger partial charge in [-0.25, -0.2) is 9.59 Å².